The normalized spacial score (nSPS) is 15.2. The van der Waals surface area contributed by atoms with E-state index in [-0.39, 0.29) is 0 Å². The zero-order valence-electron chi connectivity index (χ0n) is 8.09. The third-order valence-corrected chi connectivity index (χ3v) is 3.33. The Morgan fingerprint density at radius 2 is 2.07 bits per heavy atom. The summed E-state index contributed by atoms with van der Waals surface area (Å²) in [5, 5.41) is 0.922. The fourth-order valence-corrected chi connectivity index (χ4v) is 2.67. The lowest BCUT2D eigenvalue weighted by Gasteiger charge is -2.20. The average Bonchev–Trinajstić information content (AvgIpc) is 2.27. The van der Waals surface area contributed by atoms with Crippen LogP contribution in [-0.4, -0.2) is 5.33 Å². The van der Waals surface area contributed by atoms with E-state index >= 15 is 0 Å². The summed E-state index contributed by atoms with van der Waals surface area (Å²) in [7, 11) is 0. The van der Waals surface area contributed by atoms with Crippen molar-refractivity contribution in [1.82, 2.24) is 0 Å². The Balaban J connectivity index is 2.57. The van der Waals surface area contributed by atoms with E-state index in [9.17, 15) is 0 Å². The molecule has 0 spiro atoms. The molecule has 0 saturated carbocycles. The van der Waals surface area contributed by atoms with Crippen LogP contribution in [0.15, 0.2) is 42.5 Å². The lowest BCUT2D eigenvalue weighted by Crippen LogP contribution is -2.04. The van der Waals surface area contributed by atoms with E-state index in [1.165, 1.54) is 22.3 Å². The highest BCUT2D eigenvalue weighted by Gasteiger charge is 2.15. The molecule has 0 N–H and O–H groups in total. The number of hydrogen-bond acceptors (Lipinski definition) is 0. The molecule has 1 heteroatoms. The molecule has 14 heavy (non-hydrogen) atoms. The fourth-order valence-electron chi connectivity index (χ4n) is 2.01. The Morgan fingerprint density at radius 3 is 2.79 bits per heavy atom. The van der Waals surface area contributed by atoms with Gasteiger partial charge in [0.2, 0.25) is 0 Å². The van der Waals surface area contributed by atoms with Gasteiger partial charge < -0.3 is 0 Å². The van der Waals surface area contributed by atoms with Crippen LogP contribution in [0.1, 0.15) is 17.5 Å². The van der Waals surface area contributed by atoms with E-state index in [2.05, 4.69) is 46.8 Å². The summed E-state index contributed by atoms with van der Waals surface area (Å²) in [6.07, 6.45) is 4.27. The van der Waals surface area contributed by atoms with Gasteiger partial charge in [-0.05, 0) is 35.1 Å². The second kappa shape index (κ2) is 4.14. The van der Waals surface area contributed by atoms with Crippen molar-refractivity contribution in [1.29, 1.82) is 0 Å². The maximum atomic E-state index is 3.88. The van der Waals surface area contributed by atoms with Crippen LogP contribution in [-0.2, 0) is 6.42 Å². The summed E-state index contributed by atoms with van der Waals surface area (Å²) in [4.78, 5) is 0. The number of hydrogen-bond donors (Lipinski definition) is 0. The molecule has 0 radical (unpaired) electrons. The van der Waals surface area contributed by atoms with Crippen molar-refractivity contribution in [3.8, 4) is 0 Å². The summed E-state index contributed by atoms with van der Waals surface area (Å²) in [5.41, 5.74) is 5.65. The van der Waals surface area contributed by atoms with Gasteiger partial charge in [0.15, 0.2) is 0 Å². The van der Waals surface area contributed by atoms with Crippen molar-refractivity contribution >= 4 is 21.5 Å². The standard InChI is InChI=1S/C13H13Br/c1-2-10-7-8-11-5-3-4-6-12(11)13(10)9-14/h2-6H,1,7-9H2. The molecule has 72 valence electrons. The van der Waals surface area contributed by atoms with Crippen LogP contribution in [0.5, 0.6) is 0 Å². The first-order valence-electron chi connectivity index (χ1n) is 4.85. The highest BCUT2D eigenvalue weighted by Crippen LogP contribution is 2.32. The molecule has 1 aliphatic carbocycles. The third kappa shape index (κ3) is 1.57. The molecule has 0 fully saturated rings. The number of benzene rings is 1. The molecule has 0 nitrogen and oxygen atoms in total. The number of rotatable bonds is 2. The molecule has 0 amide bonds. The third-order valence-electron chi connectivity index (χ3n) is 2.77. The van der Waals surface area contributed by atoms with Gasteiger partial charge in [0, 0.05) is 5.33 Å². The molecule has 0 heterocycles. The topological polar surface area (TPSA) is 0 Å². The predicted molar refractivity (Wildman–Crippen MR) is 65.7 cm³/mol. The first kappa shape index (κ1) is 9.72. The average molecular weight is 249 g/mol. The van der Waals surface area contributed by atoms with Crippen molar-refractivity contribution in [2.24, 2.45) is 0 Å². The van der Waals surface area contributed by atoms with Gasteiger partial charge >= 0.3 is 0 Å². The molecule has 1 aliphatic rings. The lowest BCUT2D eigenvalue weighted by atomic mass is 9.86. The van der Waals surface area contributed by atoms with Gasteiger partial charge in [0.05, 0.1) is 0 Å². The van der Waals surface area contributed by atoms with E-state index in [1.54, 1.807) is 0 Å². The Morgan fingerprint density at radius 1 is 1.29 bits per heavy atom. The maximum Gasteiger partial charge on any atom is 0.0291 e. The van der Waals surface area contributed by atoms with Crippen LogP contribution in [0.4, 0.5) is 0 Å². The van der Waals surface area contributed by atoms with E-state index in [4.69, 9.17) is 0 Å². The molecule has 0 unspecified atom stereocenters. The molecule has 1 aromatic rings. The number of halogens is 1. The van der Waals surface area contributed by atoms with Crippen molar-refractivity contribution in [3.63, 3.8) is 0 Å². The number of fused-ring (bicyclic) bond motifs is 1. The van der Waals surface area contributed by atoms with Crippen molar-refractivity contribution < 1.29 is 0 Å². The van der Waals surface area contributed by atoms with Crippen molar-refractivity contribution in [3.05, 3.63) is 53.6 Å². The smallest absolute Gasteiger partial charge is 0.0291 e. The molecule has 0 aromatic heterocycles. The van der Waals surface area contributed by atoms with Gasteiger partial charge in [-0.3, -0.25) is 0 Å². The highest BCUT2D eigenvalue weighted by molar-refractivity contribution is 9.09. The second-order valence-electron chi connectivity index (χ2n) is 3.50. The quantitative estimate of drug-likeness (QED) is 0.696. The molecular weight excluding hydrogens is 236 g/mol. The van der Waals surface area contributed by atoms with E-state index in [1.807, 2.05) is 6.08 Å². The summed E-state index contributed by atoms with van der Waals surface area (Å²) in [5.74, 6) is 0. The molecule has 0 saturated heterocycles. The minimum absolute atomic E-state index is 0.922. The summed E-state index contributed by atoms with van der Waals surface area (Å²) in [6.45, 7) is 3.88. The van der Waals surface area contributed by atoms with Gasteiger partial charge in [-0.2, -0.15) is 0 Å². The number of allylic oxidation sites excluding steroid dienone is 3. The van der Waals surface area contributed by atoms with Crippen LogP contribution >= 0.6 is 15.9 Å². The van der Waals surface area contributed by atoms with Gasteiger partial charge in [-0.15, -0.1) is 0 Å². The number of alkyl halides is 1. The Hall–Kier alpha value is -0.820. The van der Waals surface area contributed by atoms with Crippen LogP contribution in [0.2, 0.25) is 0 Å². The second-order valence-corrected chi connectivity index (χ2v) is 4.06. The Labute approximate surface area is 93.5 Å². The van der Waals surface area contributed by atoms with E-state index in [0.29, 0.717) is 0 Å². The molecule has 0 aliphatic heterocycles. The molecule has 0 bridgehead atoms. The minimum Gasteiger partial charge on any atom is -0.0988 e. The predicted octanol–water partition coefficient (Wildman–Crippen LogP) is 3.97. The SMILES string of the molecule is C=CC1=C(CBr)c2ccccc2CC1. The fraction of sp³-hybridized carbons (Fsp3) is 0.231. The van der Waals surface area contributed by atoms with Crippen LogP contribution in [0, 0.1) is 0 Å². The first-order chi connectivity index (χ1) is 6.86. The molecule has 1 aromatic carbocycles. The molecule has 2 rings (SSSR count). The van der Waals surface area contributed by atoms with Gasteiger partial charge in [-0.25, -0.2) is 0 Å². The zero-order valence-corrected chi connectivity index (χ0v) is 9.68. The Bertz CT molecular complexity index is 388. The highest BCUT2D eigenvalue weighted by atomic mass is 79.9. The first-order valence-corrected chi connectivity index (χ1v) is 5.97. The van der Waals surface area contributed by atoms with E-state index in [0.717, 1.165) is 18.2 Å². The minimum atomic E-state index is 0.922. The molecular formula is C13H13Br. The van der Waals surface area contributed by atoms with Crippen LogP contribution < -0.4 is 0 Å². The summed E-state index contributed by atoms with van der Waals surface area (Å²) >= 11 is 3.56. The maximum absolute atomic E-state index is 3.88. The monoisotopic (exact) mass is 248 g/mol. The van der Waals surface area contributed by atoms with Crippen molar-refractivity contribution in [2.75, 3.05) is 5.33 Å². The Kier molecular flexibility index (Phi) is 2.87. The number of aryl methyl sites for hydroxylation is 1. The van der Waals surface area contributed by atoms with Gasteiger partial charge in [0.1, 0.15) is 0 Å². The van der Waals surface area contributed by atoms with Gasteiger partial charge in [-0.1, -0.05) is 52.9 Å². The largest absolute Gasteiger partial charge is 0.0988 e. The van der Waals surface area contributed by atoms with E-state index < -0.39 is 0 Å². The lowest BCUT2D eigenvalue weighted by molar-refractivity contribution is 0.940. The van der Waals surface area contributed by atoms with Crippen LogP contribution in [0.25, 0.3) is 5.57 Å². The molecule has 0 atom stereocenters. The zero-order chi connectivity index (χ0) is 9.97. The van der Waals surface area contributed by atoms with Gasteiger partial charge in [0.25, 0.3) is 0 Å². The van der Waals surface area contributed by atoms with Crippen molar-refractivity contribution in [2.45, 2.75) is 12.8 Å². The summed E-state index contributed by atoms with van der Waals surface area (Å²) in [6, 6.07) is 8.64. The summed E-state index contributed by atoms with van der Waals surface area (Å²) < 4.78 is 0. The van der Waals surface area contributed by atoms with Crippen LogP contribution in [0.3, 0.4) is 0 Å².